The van der Waals surface area contributed by atoms with Gasteiger partial charge in [0.2, 0.25) is 11.7 Å². The summed E-state index contributed by atoms with van der Waals surface area (Å²) >= 11 is 0. The average molecular weight is 247 g/mol. The van der Waals surface area contributed by atoms with E-state index in [9.17, 15) is 4.39 Å². The molecule has 2 aromatic rings. The van der Waals surface area contributed by atoms with E-state index >= 15 is 0 Å². The molecule has 0 bridgehead atoms. The van der Waals surface area contributed by atoms with Gasteiger partial charge in [-0.15, -0.1) is 0 Å². The molecule has 0 aliphatic heterocycles. The van der Waals surface area contributed by atoms with E-state index in [1.54, 1.807) is 0 Å². The van der Waals surface area contributed by atoms with Gasteiger partial charge in [-0.25, -0.2) is 4.39 Å². The summed E-state index contributed by atoms with van der Waals surface area (Å²) in [5.41, 5.74) is 7.42. The zero-order valence-electron chi connectivity index (χ0n) is 10.1. The summed E-state index contributed by atoms with van der Waals surface area (Å²) in [4.78, 5) is 4.25. The molecule has 2 N–H and O–H groups in total. The quantitative estimate of drug-likeness (QED) is 0.905. The highest BCUT2D eigenvalue weighted by atomic mass is 19.1. The molecule has 3 rings (SSSR count). The lowest BCUT2D eigenvalue weighted by Crippen LogP contribution is -2.12. The summed E-state index contributed by atoms with van der Waals surface area (Å²) in [6, 6.07) is 4.48. The molecule has 1 aromatic carbocycles. The zero-order valence-corrected chi connectivity index (χ0v) is 10.1. The highest BCUT2D eigenvalue weighted by Crippen LogP contribution is 2.39. The summed E-state index contributed by atoms with van der Waals surface area (Å²) in [5, 5.41) is 3.87. The third-order valence-corrected chi connectivity index (χ3v) is 3.16. The Balaban J connectivity index is 1.92. The van der Waals surface area contributed by atoms with Crippen LogP contribution in [0.2, 0.25) is 0 Å². The Hall–Kier alpha value is -1.75. The maximum absolute atomic E-state index is 13.3. The molecule has 5 heteroatoms. The molecule has 4 nitrogen and oxygen atoms in total. The molecule has 1 aliphatic carbocycles. The first-order valence-electron chi connectivity index (χ1n) is 6.00. The van der Waals surface area contributed by atoms with E-state index < -0.39 is 0 Å². The molecule has 18 heavy (non-hydrogen) atoms. The first kappa shape index (κ1) is 11.3. The lowest BCUT2D eigenvalue weighted by atomic mass is 10.1. The molecule has 0 amide bonds. The summed E-state index contributed by atoms with van der Waals surface area (Å²) in [6.07, 6.45) is 2.22. The van der Waals surface area contributed by atoms with Gasteiger partial charge in [0.15, 0.2) is 0 Å². The number of halogens is 1. The molecule has 0 radical (unpaired) electrons. The monoisotopic (exact) mass is 247 g/mol. The summed E-state index contributed by atoms with van der Waals surface area (Å²) in [6.45, 7) is 1.82. The third-order valence-electron chi connectivity index (χ3n) is 3.16. The van der Waals surface area contributed by atoms with Crippen LogP contribution in [0.1, 0.15) is 30.3 Å². The SMILES string of the molecule is Cc1cc(F)cc(-c2noc(C(N)C3CC3)n2)c1. The summed E-state index contributed by atoms with van der Waals surface area (Å²) in [5.74, 6) is 0.980. The predicted octanol–water partition coefficient (Wildman–Crippen LogP) is 2.59. The van der Waals surface area contributed by atoms with E-state index in [2.05, 4.69) is 10.1 Å². The maximum atomic E-state index is 13.3. The number of hydrogen-bond acceptors (Lipinski definition) is 4. The molecular weight excluding hydrogens is 233 g/mol. The van der Waals surface area contributed by atoms with Crippen molar-refractivity contribution in [2.75, 3.05) is 0 Å². The van der Waals surface area contributed by atoms with Crippen LogP contribution in [0, 0.1) is 18.7 Å². The fourth-order valence-electron chi connectivity index (χ4n) is 2.01. The van der Waals surface area contributed by atoms with Crippen molar-refractivity contribution in [3.05, 3.63) is 35.5 Å². The minimum absolute atomic E-state index is 0.194. The van der Waals surface area contributed by atoms with E-state index in [-0.39, 0.29) is 11.9 Å². The number of nitrogens with two attached hydrogens (primary N) is 1. The van der Waals surface area contributed by atoms with Crippen LogP contribution in [0.4, 0.5) is 4.39 Å². The molecule has 1 unspecified atom stereocenters. The standard InChI is InChI=1S/C13H14FN3O/c1-7-4-9(6-10(14)5-7)12-16-13(18-17-12)11(15)8-2-3-8/h4-6,8,11H,2-3,15H2,1H3. The van der Waals surface area contributed by atoms with Crippen molar-refractivity contribution in [2.24, 2.45) is 11.7 Å². The third kappa shape index (κ3) is 2.13. The summed E-state index contributed by atoms with van der Waals surface area (Å²) < 4.78 is 18.5. The van der Waals surface area contributed by atoms with Crippen molar-refractivity contribution in [3.8, 4) is 11.4 Å². The van der Waals surface area contributed by atoms with Crippen molar-refractivity contribution < 1.29 is 8.91 Å². The Bertz CT molecular complexity index is 557. The Morgan fingerprint density at radius 1 is 1.39 bits per heavy atom. The second kappa shape index (κ2) is 4.17. The molecule has 0 spiro atoms. The Labute approximate surface area is 104 Å². The fourth-order valence-corrected chi connectivity index (χ4v) is 2.01. The van der Waals surface area contributed by atoms with Crippen LogP contribution in [-0.2, 0) is 0 Å². The zero-order chi connectivity index (χ0) is 12.7. The number of aryl methyl sites for hydroxylation is 1. The van der Waals surface area contributed by atoms with Crippen LogP contribution < -0.4 is 5.73 Å². The van der Waals surface area contributed by atoms with E-state index in [0.29, 0.717) is 23.2 Å². The van der Waals surface area contributed by atoms with Gasteiger partial charge >= 0.3 is 0 Å². The second-order valence-corrected chi connectivity index (χ2v) is 4.84. The Kier molecular flexibility index (Phi) is 2.63. The largest absolute Gasteiger partial charge is 0.337 e. The molecule has 1 heterocycles. The van der Waals surface area contributed by atoms with E-state index in [1.807, 2.05) is 13.0 Å². The van der Waals surface area contributed by atoms with Crippen molar-refractivity contribution in [1.82, 2.24) is 10.1 Å². The number of rotatable bonds is 3. The highest BCUT2D eigenvalue weighted by molar-refractivity contribution is 5.55. The first-order chi connectivity index (χ1) is 8.63. The Morgan fingerprint density at radius 3 is 2.83 bits per heavy atom. The van der Waals surface area contributed by atoms with Crippen LogP contribution >= 0.6 is 0 Å². The van der Waals surface area contributed by atoms with E-state index in [1.165, 1.54) is 12.1 Å². The van der Waals surface area contributed by atoms with Crippen LogP contribution in [0.25, 0.3) is 11.4 Å². The topological polar surface area (TPSA) is 64.9 Å². The molecule has 0 saturated heterocycles. The van der Waals surface area contributed by atoms with Crippen molar-refractivity contribution in [2.45, 2.75) is 25.8 Å². The number of hydrogen-bond donors (Lipinski definition) is 1. The molecule has 1 aromatic heterocycles. The van der Waals surface area contributed by atoms with Crippen molar-refractivity contribution in [1.29, 1.82) is 0 Å². The van der Waals surface area contributed by atoms with Crippen molar-refractivity contribution >= 4 is 0 Å². The fraction of sp³-hybridized carbons (Fsp3) is 0.385. The molecular formula is C13H14FN3O. The van der Waals surface area contributed by atoms with Crippen LogP contribution in [0.3, 0.4) is 0 Å². The number of benzene rings is 1. The van der Waals surface area contributed by atoms with Gasteiger partial charge in [-0.1, -0.05) is 5.16 Å². The van der Waals surface area contributed by atoms with E-state index in [0.717, 1.165) is 18.4 Å². The molecule has 1 aliphatic rings. The van der Waals surface area contributed by atoms with Gasteiger partial charge in [0.25, 0.3) is 0 Å². The maximum Gasteiger partial charge on any atom is 0.244 e. The molecule has 1 fully saturated rings. The Morgan fingerprint density at radius 2 is 2.17 bits per heavy atom. The minimum atomic E-state index is -0.303. The highest BCUT2D eigenvalue weighted by Gasteiger charge is 2.33. The molecule has 94 valence electrons. The molecule has 1 saturated carbocycles. The molecule has 1 atom stereocenters. The van der Waals surface area contributed by atoms with Gasteiger partial charge < -0.3 is 10.3 Å². The average Bonchev–Trinajstić information content (AvgIpc) is 3.04. The number of aromatic nitrogens is 2. The first-order valence-corrected chi connectivity index (χ1v) is 6.00. The van der Waals surface area contributed by atoms with E-state index in [4.69, 9.17) is 10.3 Å². The summed E-state index contributed by atoms with van der Waals surface area (Å²) in [7, 11) is 0. The van der Waals surface area contributed by atoms with Crippen LogP contribution in [0.5, 0.6) is 0 Å². The normalized spacial score (nSPS) is 16.8. The van der Waals surface area contributed by atoms with Crippen molar-refractivity contribution in [3.63, 3.8) is 0 Å². The van der Waals surface area contributed by atoms with Gasteiger partial charge in [0.1, 0.15) is 5.82 Å². The van der Waals surface area contributed by atoms with Crippen LogP contribution in [-0.4, -0.2) is 10.1 Å². The predicted molar refractivity (Wildman–Crippen MR) is 64.1 cm³/mol. The lowest BCUT2D eigenvalue weighted by Gasteiger charge is -2.01. The minimum Gasteiger partial charge on any atom is -0.337 e. The number of nitrogens with zero attached hydrogens (tertiary/aromatic N) is 2. The van der Waals surface area contributed by atoms with Gasteiger partial charge in [-0.05, 0) is 49.4 Å². The van der Waals surface area contributed by atoms with Gasteiger partial charge in [-0.2, -0.15) is 4.98 Å². The van der Waals surface area contributed by atoms with Gasteiger partial charge in [0, 0.05) is 5.56 Å². The lowest BCUT2D eigenvalue weighted by molar-refractivity contribution is 0.343. The smallest absolute Gasteiger partial charge is 0.244 e. The van der Waals surface area contributed by atoms with Crippen LogP contribution in [0.15, 0.2) is 22.7 Å². The van der Waals surface area contributed by atoms with Gasteiger partial charge in [-0.3, -0.25) is 0 Å². The second-order valence-electron chi connectivity index (χ2n) is 4.84. The van der Waals surface area contributed by atoms with Gasteiger partial charge in [0.05, 0.1) is 6.04 Å².